The van der Waals surface area contributed by atoms with Crippen LogP contribution in [0.5, 0.6) is 0 Å². The molecule has 1 aromatic rings. The zero-order valence-corrected chi connectivity index (χ0v) is 16.3. The van der Waals surface area contributed by atoms with Crippen molar-refractivity contribution in [3.8, 4) is 0 Å². The molecular formula is C19H28N4O2S. The highest BCUT2D eigenvalue weighted by atomic mass is 32.2. The van der Waals surface area contributed by atoms with E-state index in [9.17, 15) is 9.59 Å². The third-order valence-corrected chi connectivity index (χ3v) is 7.22. The number of amides is 1. The van der Waals surface area contributed by atoms with Crippen molar-refractivity contribution >= 4 is 17.7 Å². The second kappa shape index (κ2) is 7.72. The Balaban J connectivity index is 1.37. The molecule has 2 fully saturated rings. The number of rotatable bonds is 2. The molecule has 3 heterocycles. The van der Waals surface area contributed by atoms with Gasteiger partial charge in [-0.05, 0) is 19.8 Å². The number of aryl methyl sites for hydroxylation is 1. The minimum atomic E-state index is -0.116. The molecule has 1 unspecified atom stereocenters. The second-order valence-electron chi connectivity index (χ2n) is 7.80. The van der Waals surface area contributed by atoms with Crippen molar-refractivity contribution in [3.63, 3.8) is 0 Å². The summed E-state index contributed by atoms with van der Waals surface area (Å²) in [5, 5.41) is 0.742. The first-order chi connectivity index (χ1) is 12.6. The van der Waals surface area contributed by atoms with Gasteiger partial charge in [-0.1, -0.05) is 31.0 Å². The third kappa shape index (κ3) is 3.56. The molecule has 1 amide bonds. The Labute approximate surface area is 159 Å². The Morgan fingerprint density at radius 1 is 1.15 bits per heavy atom. The van der Waals surface area contributed by atoms with E-state index in [4.69, 9.17) is 0 Å². The number of carbonyl (C=O) groups is 1. The fraction of sp³-hybridized carbons (Fsp3) is 0.737. The van der Waals surface area contributed by atoms with Crippen LogP contribution in [0.25, 0.3) is 0 Å². The molecule has 6 nitrogen and oxygen atoms in total. The number of thioether (sulfide) groups is 1. The topological polar surface area (TPSA) is 58.4 Å². The lowest BCUT2D eigenvalue weighted by Crippen LogP contribution is -2.54. The molecule has 0 bridgehead atoms. The average molecular weight is 377 g/mol. The fourth-order valence-corrected chi connectivity index (χ4v) is 5.50. The number of piperazine rings is 1. The van der Waals surface area contributed by atoms with E-state index >= 15 is 0 Å². The Morgan fingerprint density at radius 3 is 2.62 bits per heavy atom. The lowest BCUT2D eigenvalue weighted by molar-refractivity contribution is -0.137. The molecule has 1 atom stereocenters. The Hall–Kier alpha value is -1.34. The van der Waals surface area contributed by atoms with Gasteiger partial charge >= 0.3 is 0 Å². The van der Waals surface area contributed by atoms with Crippen molar-refractivity contribution in [2.24, 2.45) is 5.92 Å². The van der Waals surface area contributed by atoms with Gasteiger partial charge in [0.15, 0.2) is 5.16 Å². The summed E-state index contributed by atoms with van der Waals surface area (Å²) in [7, 11) is 0. The molecule has 1 aliphatic carbocycles. The van der Waals surface area contributed by atoms with Gasteiger partial charge in [-0.2, -0.15) is 0 Å². The maximum absolute atomic E-state index is 13.0. The molecule has 1 saturated heterocycles. The number of hydrogen-bond donors (Lipinski definition) is 0. The number of aromatic nitrogens is 2. The summed E-state index contributed by atoms with van der Waals surface area (Å²) in [6, 6.07) is 0.728. The second-order valence-corrected chi connectivity index (χ2v) is 8.79. The van der Waals surface area contributed by atoms with Crippen LogP contribution in [0.3, 0.4) is 0 Å². The Kier molecular flexibility index (Phi) is 5.36. The summed E-state index contributed by atoms with van der Waals surface area (Å²) in [6.07, 6.45) is 8.35. The predicted molar refractivity (Wildman–Crippen MR) is 102 cm³/mol. The third-order valence-electron chi connectivity index (χ3n) is 6.06. The van der Waals surface area contributed by atoms with Gasteiger partial charge in [0.25, 0.3) is 5.56 Å². The zero-order valence-electron chi connectivity index (χ0n) is 15.5. The quantitative estimate of drug-likeness (QED) is 0.736. The van der Waals surface area contributed by atoms with Crippen LogP contribution in [0.4, 0.5) is 0 Å². The van der Waals surface area contributed by atoms with Crippen molar-refractivity contribution in [2.75, 3.05) is 31.9 Å². The molecule has 0 spiro atoms. The average Bonchev–Trinajstić information content (AvgIpc) is 2.71. The molecule has 2 aliphatic heterocycles. The van der Waals surface area contributed by atoms with Crippen molar-refractivity contribution in [2.45, 2.75) is 56.8 Å². The van der Waals surface area contributed by atoms with Crippen LogP contribution in [0.15, 0.2) is 16.1 Å². The van der Waals surface area contributed by atoms with Gasteiger partial charge < -0.3 is 4.90 Å². The summed E-state index contributed by atoms with van der Waals surface area (Å²) in [4.78, 5) is 34.3. The van der Waals surface area contributed by atoms with Gasteiger partial charge in [0.1, 0.15) is 0 Å². The minimum absolute atomic E-state index is 0.0119. The number of fused-ring (bicyclic) bond motifs is 1. The SMILES string of the molecule is Cc1cnc2n(c1=O)CC(C(=O)N1CCN(C3CCCCC3)CC1)CS2. The molecule has 1 saturated carbocycles. The van der Waals surface area contributed by atoms with E-state index in [2.05, 4.69) is 9.88 Å². The van der Waals surface area contributed by atoms with E-state index < -0.39 is 0 Å². The lowest BCUT2D eigenvalue weighted by atomic mass is 9.94. The molecular weight excluding hydrogens is 348 g/mol. The van der Waals surface area contributed by atoms with E-state index in [0.717, 1.165) is 43.1 Å². The number of carbonyl (C=O) groups excluding carboxylic acids is 1. The van der Waals surface area contributed by atoms with E-state index in [1.165, 1.54) is 43.9 Å². The summed E-state index contributed by atoms with van der Waals surface area (Å²) in [5.74, 6) is 0.812. The van der Waals surface area contributed by atoms with Gasteiger partial charge in [-0.3, -0.25) is 19.1 Å². The van der Waals surface area contributed by atoms with E-state index in [1.807, 2.05) is 4.90 Å². The Morgan fingerprint density at radius 2 is 1.88 bits per heavy atom. The molecule has 26 heavy (non-hydrogen) atoms. The van der Waals surface area contributed by atoms with Crippen LogP contribution >= 0.6 is 11.8 Å². The zero-order chi connectivity index (χ0) is 18.1. The molecule has 142 valence electrons. The first-order valence-electron chi connectivity index (χ1n) is 9.85. The highest BCUT2D eigenvalue weighted by Crippen LogP contribution is 2.27. The molecule has 0 radical (unpaired) electrons. The standard InChI is InChI=1S/C19H28N4O2S/c1-14-11-20-19-23(17(14)24)12-15(13-26-19)18(25)22-9-7-21(8-10-22)16-5-3-2-4-6-16/h11,15-16H,2-10,12-13H2,1H3. The number of hydrogen-bond acceptors (Lipinski definition) is 5. The maximum atomic E-state index is 13.0. The normalized spacial score (nSPS) is 25.1. The van der Waals surface area contributed by atoms with Crippen molar-refractivity contribution in [3.05, 3.63) is 22.1 Å². The van der Waals surface area contributed by atoms with Crippen molar-refractivity contribution in [1.82, 2.24) is 19.4 Å². The van der Waals surface area contributed by atoms with Gasteiger partial charge in [0.2, 0.25) is 5.91 Å². The van der Waals surface area contributed by atoms with Crippen molar-refractivity contribution in [1.29, 1.82) is 0 Å². The Bertz CT molecular complexity index is 721. The summed E-state index contributed by atoms with van der Waals surface area (Å²) >= 11 is 1.53. The molecule has 0 N–H and O–H groups in total. The fourth-order valence-electron chi connectivity index (χ4n) is 4.46. The summed E-state index contributed by atoms with van der Waals surface area (Å²) < 4.78 is 1.68. The molecule has 7 heteroatoms. The monoisotopic (exact) mass is 376 g/mol. The van der Waals surface area contributed by atoms with Gasteiger partial charge in [0.05, 0.1) is 5.92 Å². The van der Waals surface area contributed by atoms with Crippen LogP contribution in [-0.4, -0.2) is 63.2 Å². The molecule has 0 aromatic carbocycles. The van der Waals surface area contributed by atoms with Gasteiger partial charge in [-0.15, -0.1) is 0 Å². The van der Waals surface area contributed by atoms with Crippen LogP contribution in [-0.2, 0) is 11.3 Å². The summed E-state index contributed by atoms with van der Waals surface area (Å²) in [5.41, 5.74) is 0.630. The van der Waals surface area contributed by atoms with E-state index in [-0.39, 0.29) is 17.4 Å². The lowest BCUT2D eigenvalue weighted by Gasteiger charge is -2.41. The molecule has 4 rings (SSSR count). The smallest absolute Gasteiger partial charge is 0.257 e. The highest BCUT2D eigenvalue weighted by Gasteiger charge is 2.33. The van der Waals surface area contributed by atoms with Crippen molar-refractivity contribution < 1.29 is 4.79 Å². The van der Waals surface area contributed by atoms with E-state index in [0.29, 0.717) is 12.1 Å². The first kappa shape index (κ1) is 18.0. The maximum Gasteiger partial charge on any atom is 0.257 e. The van der Waals surface area contributed by atoms with Crippen LogP contribution in [0.1, 0.15) is 37.7 Å². The van der Waals surface area contributed by atoms with Crippen LogP contribution in [0.2, 0.25) is 0 Å². The molecule has 3 aliphatic rings. The number of nitrogens with zero attached hydrogens (tertiary/aromatic N) is 4. The largest absolute Gasteiger partial charge is 0.340 e. The summed E-state index contributed by atoms with van der Waals surface area (Å²) in [6.45, 7) is 5.89. The minimum Gasteiger partial charge on any atom is -0.340 e. The highest BCUT2D eigenvalue weighted by molar-refractivity contribution is 7.99. The first-order valence-corrected chi connectivity index (χ1v) is 10.8. The van der Waals surface area contributed by atoms with Gasteiger partial charge in [-0.25, -0.2) is 4.98 Å². The van der Waals surface area contributed by atoms with Crippen LogP contribution in [0, 0.1) is 12.8 Å². The predicted octanol–water partition coefficient (Wildman–Crippen LogP) is 1.75. The molecule has 1 aromatic heterocycles. The van der Waals surface area contributed by atoms with Crippen LogP contribution < -0.4 is 5.56 Å². The van der Waals surface area contributed by atoms with E-state index in [1.54, 1.807) is 17.7 Å². The van der Waals surface area contributed by atoms with Gasteiger partial charge in [0, 0.05) is 56.3 Å².